The van der Waals surface area contributed by atoms with Crippen molar-refractivity contribution in [2.45, 2.75) is 38.0 Å². The van der Waals surface area contributed by atoms with Gasteiger partial charge < -0.3 is 9.80 Å². The number of nitrogens with zero attached hydrogens (tertiary/aromatic N) is 6. The van der Waals surface area contributed by atoms with Gasteiger partial charge in [0, 0.05) is 59.4 Å². The van der Waals surface area contributed by atoms with Crippen LogP contribution in [0.15, 0.2) is 172 Å². The van der Waals surface area contributed by atoms with Crippen LogP contribution in [0.3, 0.4) is 0 Å². The summed E-state index contributed by atoms with van der Waals surface area (Å²) in [5.74, 6) is 0.844. The zero-order chi connectivity index (χ0) is 42.2. The third kappa shape index (κ3) is 10.8. The second-order valence-corrected chi connectivity index (χ2v) is 19.7. The molecule has 0 aliphatic rings. The van der Waals surface area contributed by atoms with Crippen molar-refractivity contribution in [3.05, 3.63) is 217 Å². The second-order valence-electron chi connectivity index (χ2n) is 14.2. The van der Waals surface area contributed by atoms with Gasteiger partial charge in [-0.1, -0.05) is 168 Å². The Balaban J connectivity index is 1.53. The van der Waals surface area contributed by atoms with Crippen LogP contribution in [0.4, 0.5) is 11.6 Å². The van der Waals surface area contributed by atoms with Crippen LogP contribution in [-0.2, 0) is 38.0 Å². The Morgan fingerprint density at radius 1 is 0.417 bits per heavy atom. The molecule has 7 aromatic rings. The van der Waals surface area contributed by atoms with Crippen molar-refractivity contribution in [2.24, 2.45) is 0 Å². The second kappa shape index (κ2) is 20.2. The van der Waals surface area contributed by atoms with Crippen molar-refractivity contribution in [1.82, 2.24) is 9.97 Å². The van der Waals surface area contributed by atoms with Crippen LogP contribution in [0.2, 0.25) is 0 Å². The Morgan fingerprint density at radius 2 is 0.733 bits per heavy atom. The lowest BCUT2D eigenvalue weighted by Gasteiger charge is -2.35. The maximum absolute atomic E-state index is 11.8. The Labute approximate surface area is 401 Å². The first-order valence-electron chi connectivity index (χ1n) is 18.7. The molecule has 0 saturated heterocycles. The summed E-state index contributed by atoms with van der Waals surface area (Å²) < 4.78 is 5.68. The van der Waals surface area contributed by atoms with E-state index in [1.807, 2.05) is 97.1 Å². The standard InChI is InChI=1S/C48H34Br6N6/c49-38-13-1-32(2-14-38)25-48(31-56,37-11-23-43(54)24-12-37)45-47(60(29-35-7-19-41(52)20-8-35)30-36-9-21-42(53)22-10-36)57-44(26-55)46(58-45)59(27-33-3-15-39(50)16-4-33)28-34-5-17-40(51)18-6-34/h1-24H,25,27-30H2. The van der Waals surface area contributed by atoms with Gasteiger partial charge in [0.15, 0.2) is 17.3 Å². The number of benzene rings is 6. The van der Waals surface area contributed by atoms with Crippen molar-refractivity contribution in [1.29, 1.82) is 10.5 Å². The van der Waals surface area contributed by atoms with Crippen LogP contribution in [0.25, 0.3) is 0 Å². The quantitative estimate of drug-likeness (QED) is 0.108. The number of rotatable bonds is 14. The molecular weight excluding hydrogens is 1140 g/mol. The monoisotopic (exact) mass is 1170 g/mol. The van der Waals surface area contributed by atoms with E-state index >= 15 is 0 Å². The smallest absolute Gasteiger partial charge is 0.185 e. The molecule has 0 bridgehead atoms. The van der Waals surface area contributed by atoms with Gasteiger partial charge in [-0.3, -0.25) is 0 Å². The Hall–Kier alpha value is -4.14. The topological polar surface area (TPSA) is 79.8 Å². The molecule has 0 spiro atoms. The molecule has 0 aliphatic carbocycles. The molecule has 6 nitrogen and oxygen atoms in total. The Morgan fingerprint density at radius 3 is 1.07 bits per heavy atom. The van der Waals surface area contributed by atoms with Crippen molar-refractivity contribution >= 4 is 107 Å². The molecule has 6 aromatic carbocycles. The molecule has 0 radical (unpaired) electrons. The number of nitriles is 2. The van der Waals surface area contributed by atoms with Gasteiger partial charge in [0.05, 0.1) is 6.07 Å². The highest BCUT2D eigenvalue weighted by atomic mass is 79.9. The van der Waals surface area contributed by atoms with Crippen LogP contribution in [0.1, 0.15) is 44.8 Å². The molecule has 12 heteroatoms. The fraction of sp³-hybridized carbons (Fsp3) is 0.125. The third-order valence-corrected chi connectivity index (χ3v) is 13.2. The van der Waals surface area contributed by atoms with Gasteiger partial charge in [-0.05, 0) is 106 Å². The summed E-state index contributed by atoms with van der Waals surface area (Å²) in [6.45, 7) is 1.71. The fourth-order valence-electron chi connectivity index (χ4n) is 6.99. The molecule has 60 heavy (non-hydrogen) atoms. The highest BCUT2D eigenvalue weighted by Crippen LogP contribution is 2.42. The molecule has 0 N–H and O–H groups in total. The lowest BCUT2D eigenvalue weighted by atomic mass is 9.73. The summed E-state index contributed by atoms with van der Waals surface area (Å²) >= 11 is 21.6. The minimum absolute atomic E-state index is 0.158. The van der Waals surface area contributed by atoms with Gasteiger partial charge in [-0.2, -0.15) is 10.5 Å². The highest BCUT2D eigenvalue weighted by molar-refractivity contribution is 9.11. The number of hydrogen-bond donors (Lipinski definition) is 0. The van der Waals surface area contributed by atoms with Gasteiger partial charge >= 0.3 is 0 Å². The van der Waals surface area contributed by atoms with E-state index in [2.05, 4.69) is 166 Å². The third-order valence-electron chi connectivity index (χ3n) is 10.0. The summed E-state index contributed by atoms with van der Waals surface area (Å²) in [7, 11) is 0. The Bertz CT molecular complexity index is 2550. The maximum Gasteiger partial charge on any atom is 0.185 e. The number of anilines is 2. The number of aromatic nitrogens is 2. The van der Waals surface area contributed by atoms with Gasteiger partial charge in [-0.25, -0.2) is 9.97 Å². The van der Waals surface area contributed by atoms with E-state index in [9.17, 15) is 10.5 Å². The van der Waals surface area contributed by atoms with Crippen LogP contribution in [0.5, 0.6) is 0 Å². The molecule has 1 unspecified atom stereocenters. The van der Waals surface area contributed by atoms with Gasteiger partial charge in [-0.15, -0.1) is 0 Å². The predicted molar refractivity (Wildman–Crippen MR) is 261 cm³/mol. The lowest BCUT2D eigenvalue weighted by Crippen LogP contribution is -2.36. The van der Waals surface area contributed by atoms with E-state index in [0.717, 1.165) is 60.2 Å². The molecule has 0 aliphatic heterocycles. The van der Waals surface area contributed by atoms with E-state index in [1.165, 1.54) is 0 Å². The molecule has 298 valence electrons. The minimum atomic E-state index is -1.36. The first-order valence-corrected chi connectivity index (χ1v) is 23.5. The fourth-order valence-corrected chi connectivity index (χ4v) is 8.58. The first-order chi connectivity index (χ1) is 29.0. The largest absolute Gasteiger partial charge is 0.346 e. The number of hydrogen-bond acceptors (Lipinski definition) is 6. The van der Waals surface area contributed by atoms with E-state index in [0.29, 0.717) is 43.5 Å². The first kappa shape index (κ1) is 43.9. The van der Waals surface area contributed by atoms with Crippen molar-refractivity contribution in [2.75, 3.05) is 9.80 Å². The van der Waals surface area contributed by atoms with E-state index in [1.54, 1.807) is 0 Å². The summed E-state index contributed by atoms with van der Waals surface area (Å²) in [6.07, 6.45) is 0.287. The molecule has 0 amide bonds. The lowest BCUT2D eigenvalue weighted by molar-refractivity contribution is 0.612. The predicted octanol–water partition coefficient (Wildman–Crippen LogP) is 14.4. The van der Waals surface area contributed by atoms with Gasteiger partial charge in [0.2, 0.25) is 0 Å². The van der Waals surface area contributed by atoms with Gasteiger partial charge in [0.1, 0.15) is 17.2 Å². The van der Waals surface area contributed by atoms with E-state index in [4.69, 9.17) is 9.97 Å². The van der Waals surface area contributed by atoms with Crippen LogP contribution in [-0.4, -0.2) is 9.97 Å². The average molecular weight is 1170 g/mol. The van der Waals surface area contributed by atoms with E-state index in [-0.39, 0.29) is 12.1 Å². The summed E-state index contributed by atoms with van der Waals surface area (Å²) in [6, 6.07) is 53.7. The van der Waals surface area contributed by atoms with Crippen molar-refractivity contribution in [3.8, 4) is 12.1 Å². The Kier molecular flexibility index (Phi) is 14.8. The maximum atomic E-state index is 11.8. The normalized spacial score (nSPS) is 11.9. The summed E-state index contributed by atoms with van der Waals surface area (Å²) in [5.41, 5.74) is 5.03. The highest BCUT2D eigenvalue weighted by Gasteiger charge is 2.42. The van der Waals surface area contributed by atoms with Crippen molar-refractivity contribution < 1.29 is 0 Å². The SMILES string of the molecule is N#Cc1nc(N(Cc2ccc(Br)cc2)Cc2ccc(Br)cc2)c(C(C#N)(Cc2ccc(Br)cc2)c2ccc(Br)cc2)nc1N(Cc1ccc(Br)cc1)Cc1ccc(Br)cc1. The zero-order valence-corrected chi connectivity index (χ0v) is 41.4. The summed E-state index contributed by atoms with van der Waals surface area (Å²) in [4.78, 5) is 15.1. The van der Waals surface area contributed by atoms with Crippen molar-refractivity contribution in [3.63, 3.8) is 0 Å². The van der Waals surface area contributed by atoms with Crippen LogP contribution in [0, 0.1) is 22.7 Å². The van der Waals surface area contributed by atoms with Gasteiger partial charge in [0.25, 0.3) is 0 Å². The van der Waals surface area contributed by atoms with E-state index < -0.39 is 5.41 Å². The molecule has 0 fully saturated rings. The zero-order valence-electron chi connectivity index (χ0n) is 31.8. The molecule has 1 aromatic heterocycles. The number of halogens is 6. The molecule has 1 heterocycles. The minimum Gasteiger partial charge on any atom is -0.346 e. The summed E-state index contributed by atoms with van der Waals surface area (Å²) in [5, 5.41) is 22.9. The molecular formula is C48H34Br6N6. The van der Waals surface area contributed by atoms with Crippen LogP contribution < -0.4 is 9.80 Å². The molecule has 0 saturated carbocycles. The van der Waals surface area contributed by atoms with Crippen LogP contribution >= 0.6 is 95.6 Å². The molecule has 7 rings (SSSR count). The molecule has 1 atom stereocenters. The average Bonchev–Trinajstić information content (AvgIpc) is 3.26.